The van der Waals surface area contributed by atoms with Gasteiger partial charge in [0.25, 0.3) is 0 Å². The molecule has 1 atom stereocenters. The zero-order chi connectivity index (χ0) is 17.6. The molecule has 2 heterocycles. The van der Waals surface area contributed by atoms with Gasteiger partial charge in [-0.2, -0.15) is 0 Å². The Bertz CT molecular complexity index is 713. The summed E-state index contributed by atoms with van der Waals surface area (Å²) in [6.07, 6.45) is 4.94. The largest absolute Gasteiger partial charge is 0.342 e. The van der Waals surface area contributed by atoms with E-state index in [0.717, 1.165) is 17.5 Å². The second-order valence-electron chi connectivity index (χ2n) is 6.14. The maximum atomic E-state index is 13.1. The molecular formula is C19H20ClN3O2. The van der Waals surface area contributed by atoms with Crippen molar-refractivity contribution in [1.29, 1.82) is 0 Å². The van der Waals surface area contributed by atoms with Crippen molar-refractivity contribution < 1.29 is 9.59 Å². The quantitative estimate of drug-likeness (QED) is 0.772. The van der Waals surface area contributed by atoms with E-state index in [0.29, 0.717) is 37.6 Å². The highest BCUT2D eigenvalue weighted by Crippen LogP contribution is 2.25. The number of rotatable bonds is 5. The van der Waals surface area contributed by atoms with Crippen LogP contribution in [0.2, 0.25) is 5.02 Å². The standard InChI is InChI=1S/C19H20ClN3O2/c20-17-5-3-16(4-6-17)18(12-15-2-1-7-21-13-15)19(25)23-10-8-22(14-24)9-11-23/h1-7,13-14,18H,8-12H2. The summed E-state index contributed by atoms with van der Waals surface area (Å²) in [5.74, 6) is -0.207. The first-order chi connectivity index (χ1) is 12.2. The second kappa shape index (κ2) is 8.12. The number of halogens is 1. The fourth-order valence-corrected chi connectivity index (χ4v) is 3.19. The van der Waals surface area contributed by atoms with E-state index in [9.17, 15) is 9.59 Å². The number of aromatic nitrogens is 1. The molecule has 1 fully saturated rings. The van der Waals surface area contributed by atoms with Crippen LogP contribution in [0, 0.1) is 0 Å². The van der Waals surface area contributed by atoms with Gasteiger partial charge in [0.2, 0.25) is 12.3 Å². The summed E-state index contributed by atoms with van der Waals surface area (Å²) in [6.45, 7) is 2.29. The first-order valence-electron chi connectivity index (χ1n) is 8.30. The van der Waals surface area contributed by atoms with E-state index in [1.54, 1.807) is 17.3 Å². The minimum atomic E-state index is -0.288. The molecule has 0 bridgehead atoms. The van der Waals surface area contributed by atoms with Crippen molar-refractivity contribution in [2.24, 2.45) is 0 Å². The van der Waals surface area contributed by atoms with E-state index in [1.807, 2.05) is 41.3 Å². The summed E-state index contributed by atoms with van der Waals surface area (Å²) < 4.78 is 0. The summed E-state index contributed by atoms with van der Waals surface area (Å²) in [4.78, 5) is 31.7. The van der Waals surface area contributed by atoms with Gasteiger partial charge in [0, 0.05) is 43.6 Å². The maximum Gasteiger partial charge on any atom is 0.230 e. The maximum absolute atomic E-state index is 13.1. The van der Waals surface area contributed by atoms with Crippen molar-refractivity contribution in [3.8, 4) is 0 Å². The van der Waals surface area contributed by atoms with Gasteiger partial charge in [-0.05, 0) is 35.7 Å². The Kier molecular flexibility index (Phi) is 5.66. The molecular weight excluding hydrogens is 338 g/mol. The molecule has 1 saturated heterocycles. The van der Waals surface area contributed by atoms with Crippen LogP contribution in [0.1, 0.15) is 17.0 Å². The van der Waals surface area contributed by atoms with Crippen molar-refractivity contribution >= 4 is 23.9 Å². The van der Waals surface area contributed by atoms with E-state index in [4.69, 9.17) is 11.6 Å². The Hall–Kier alpha value is -2.40. The Morgan fingerprint density at radius 1 is 1.16 bits per heavy atom. The predicted octanol–water partition coefficient (Wildman–Crippen LogP) is 2.36. The van der Waals surface area contributed by atoms with Crippen LogP contribution in [-0.4, -0.2) is 53.3 Å². The number of amides is 2. The molecule has 2 amide bonds. The van der Waals surface area contributed by atoms with Crippen LogP contribution in [0.4, 0.5) is 0 Å². The average molecular weight is 358 g/mol. The SMILES string of the molecule is O=CN1CCN(C(=O)C(Cc2cccnc2)c2ccc(Cl)cc2)CC1. The number of carbonyl (C=O) groups is 2. The molecule has 5 nitrogen and oxygen atoms in total. The molecule has 3 rings (SSSR count). The zero-order valence-electron chi connectivity index (χ0n) is 13.8. The number of hydrogen-bond acceptors (Lipinski definition) is 3. The van der Waals surface area contributed by atoms with Gasteiger partial charge in [0.05, 0.1) is 5.92 Å². The van der Waals surface area contributed by atoms with Crippen molar-refractivity contribution in [1.82, 2.24) is 14.8 Å². The molecule has 0 N–H and O–H groups in total. The molecule has 1 unspecified atom stereocenters. The number of pyridine rings is 1. The average Bonchev–Trinajstić information content (AvgIpc) is 2.67. The monoisotopic (exact) mass is 357 g/mol. The zero-order valence-corrected chi connectivity index (χ0v) is 14.6. The highest BCUT2D eigenvalue weighted by Gasteiger charge is 2.28. The van der Waals surface area contributed by atoms with Crippen LogP contribution in [0.3, 0.4) is 0 Å². The van der Waals surface area contributed by atoms with Crippen molar-refractivity contribution in [3.05, 3.63) is 64.9 Å². The van der Waals surface area contributed by atoms with E-state index in [-0.39, 0.29) is 11.8 Å². The number of benzene rings is 1. The first kappa shape index (κ1) is 17.4. The van der Waals surface area contributed by atoms with Gasteiger partial charge in [0.1, 0.15) is 0 Å². The van der Waals surface area contributed by atoms with Crippen LogP contribution < -0.4 is 0 Å². The molecule has 0 aliphatic carbocycles. The summed E-state index contributed by atoms with van der Waals surface area (Å²) >= 11 is 5.99. The molecule has 1 aliphatic rings. The van der Waals surface area contributed by atoms with Crippen LogP contribution in [-0.2, 0) is 16.0 Å². The Morgan fingerprint density at radius 3 is 2.48 bits per heavy atom. The summed E-state index contributed by atoms with van der Waals surface area (Å²) in [6, 6.07) is 11.3. The lowest BCUT2D eigenvalue weighted by Crippen LogP contribution is -2.49. The van der Waals surface area contributed by atoms with Crippen LogP contribution in [0.25, 0.3) is 0 Å². The van der Waals surface area contributed by atoms with Gasteiger partial charge < -0.3 is 9.80 Å². The lowest BCUT2D eigenvalue weighted by atomic mass is 9.91. The lowest BCUT2D eigenvalue weighted by Gasteiger charge is -2.35. The van der Waals surface area contributed by atoms with Gasteiger partial charge >= 0.3 is 0 Å². The van der Waals surface area contributed by atoms with E-state index < -0.39 is 0 Å². The van der Waals surface area contributed by atoms with Gasteiger partial charge in [0.15, 0.2) is 0 Å². The van der Waals surface area contributed by atoms with Gasteiger partial charge in [-0.1, -0.05) is 29.8 Å². The van der Waals surface area contributed by atoms with Crippen molar-refractivity contribution in [2.75, 3.05) is 26.2 Å². The molecule has 1 aromatic carbocycles. The van der Waals surface area contributed by atoms with E-state index >= 15 is 0 Å². The Labute approximate surface area is 152 Å². The third-order valence-electron chi connectivity index (χ3n) is 4.51. The minimum Gasteiger partial charge on any atom is -0.342 e. The smallest absolute Gasteiger partial charge is 0.230 e. The lowest BCUT2D eigenvalue weighted by molar-refractivity contribution is -0.136. The van der Waals surface area contributed by atoms with Gasteiger partial charge in [-0.3, -0.25) is 14.6 Å². The number of hydrogen-bond donors (Lipinski definition) is 0. The molecule has 0 saturated carbocycles. The Balaban J connectivity index is 1.81. The number of nitrogens with zero attached hydrogens (tertiary/aromatic N) is 3. The molecule has 1 aliphatic heterocycles. The number of carbonyl (C=O) groups excluding carboxylic acids is 2. The highest BCUT2D eigenvalue weighted by molar-refractivity contribution is 6.30. The van der Waals surface area contributed by atoms with Gasteiger partial charge in [-0.25, -0.2) is 0 Å². The highest BCUT2D eigenvalue weighted by atomic mass is 35.5. The van der Waals surface area contributed by atoms with E-state index in [2.05, 4.69) is 4.98 Å². The molecule has 130 valence electrons. The van der Waals surface area contributed by atoms with Crippen molar-refractivity contribution in [2.45, 2.75) is 12.3 Å². The van der Waals surface area contributed by atoms with Gasteiger partial charge in [-0.15, -0.1) is 0 Å². The van der Waals surface area contributed by atoms with Crippen LogP contribution in [0.5, 0.6) is 0 Å². The topological polar surface area (TPSA) is 53.5 Å². The minimum absolute atomic E-state index is 0.0803. The predicted molar refractivity (Wildman–Crippen MR) is 96.4 cm³/mol. The summed E-state index contributed by atoms with van der Waals surface area (Å²) in [5.41, 5.74) is 1.96. The Morgan fingerprint density at radius 2 is 1.88 bits per heavy atom. The van der Waals surface area contributed by atoms with Crippen LogP contribution >= 0.6 is 11.6 Å². The van der Waals surface area contributed by atoms with Crippen molar-refractivity contribution in [3.63, 3.8) is 0 Å². The molecule has 25 heavy (non-hydrogen) atoms. The fourth-order valence-electron chi connectivity index (χ4n) is 3.07. The van der Waals surface area contributed by atoms with Crippen LogP contribution in [0.15, 0.2) is 48.8 Å². The second-order valence-corrected chi connectivity index (χ2v) is 6.57. The third kappa shape index (κ3) is 4.37. The first-order valence-corrected chi connectivity index (χ1v) is 8.67. The summed E-state index contributed by atoms with van der Waals surface area (Å²) in [5, 5.41) is 0.649. The molecule has 2 aromatic rings. The third-order valence-corrected chi connectivity index (χ3v) is 4.76. The normalized spacial score (nSPS) is 15.7. The van der Waals surface area contributed by atoms with E-state index in [1.165, 1.54) is 0 Å². The molecule has 6 heteroatoms. The molecule has 0 spiro atoms. The molecule has 0 radical (unpaired) electrons. The summed E-state index contributed by atoms with van der Waals surface area (Å²) in [7, 11) is 0. The fraction of sp³-hybridized carbons (Fsp3) is 0.316. The molecule has 1 aromatic heterocycles. The number of piperazine rings is 1.